The summed E-state index contributed by atoms with van der Waals surface area (Å²) in [7, 11) is 0. The highest BCUT2D eigenvalue weighted by molar-refractivity contribution is 5.92. The van der Waals surface area contributed by atoms with E-state index in [2.05, 4.69) is 26.9 Å². The van der Waals surface area contributed by atoms with E-state index in [4.69, 9.17) is 5.73 Å². The van der Waals surface area contributed by atoms with Crippen molar-refractivity contribution in [3.05, 3.63) is 42.5 Å². The van der Waals surface area contributed by atoms with Gasteiger partial charge in [-0.1, -0.05) is 13.3 Å². The molecule has 0 saturated heterocycles. The largest absolute Gasteiger partial charge is 0.383 e. The number of anilines is 1. The Hall–Kier alpha value is -2.56. The second kappa shape index (κ2) is 4.73. The molecule has 2 N–H and O–H groups in total. The van der Waals surface area contributed by atoms with Crippen molar-refractivity contribution < 1.29 is 0 Å². The Balaban J connectivity index is 1.94. The molecule has 3 heterocycles. The van der Waals surface area contributed by atoms with Gasteiger partial charge in [-0.3, -0.25) is 9.97 Å². The Morgan fingerprint density at radius 1 is 1.05 bits per heavy atom. The summed E-state index contributed by atoms with van der Waals surface area (Å²) in [6.45, 7) is 2.27. The number of aromatic nitrogens is 4. The Morgan fingerprint density at radius 3 is 2.50 bits per heavy atom. The van der Waals surface area contributed by atoms with Crippen molar-refractivity contribution in [3.8, 4) is 11.4 Å². The summed E-state index contributed by atoms with van der Waals surface area (Å²) in [5.74, 6) is 1.15. The maximum atomic E-state index is 6.28. The highest BCUT2D eigenvalue weighted by Gasteiger charge is 2.36. The number of pyridine rings is 2. The third-order valence-electron chi connectivity index (χ3n) is 4.68. The van der Waals surface area contributed by atoms with Crippen LogP contribution in [0.5, 0.6) is 0 Å². The Labute approximate surface area is 128 Å². The maximum absolute atomic E-state index is 6.28. The van der Waals surface area contributed by atoms with Crippen LogP contribution in [0, 0.1) is 0 Å². The molecule has 0 bridgehead atoms. The highest BCUT2D eigenvalue weighted by atomic mass is 15.0. The predicted octanol–water partition coefficient (Wildman–Crippen LogP) is 3.11. The average Bonchev–Trinajstić information content (AvgIpc) is 2.53. The van der Waals surface area contributed by atoms with Crippen molar-refractivity contribution in [2.24, 2.45) is 0 Å². The summed E-state index contributed by atoms with van der Waals surface area (Å²) in [5.41, 5.74) is 9.32. The topological polar surface area (TPSA) is 77.6 Å². The summed E-state index contributed by atoms with van der Waals surface area (Å²) in [4.78, 5) is 17.6. The van der Waals surface area contributed by atoms with Crippen LogP contribution in [0.25, 0.3) is 22.3 Å². The first-order valence-corrected chi connectivity index (χ1v) is 7.49. The van der Waals surface area contributed by atoms with Crippen LogP contribution in [0.2, 0.25) is 0 Å². The van der Waals surface area contributed by atoms with E-state index in [1.54, 1.807) is 18.6 Å². The van der Waals surface area contributed by atoms with E-state index in [0.29, 0.717) is 11.6 Å². The molecule has 3 aromatic rings. The van der Waals surface area contributed by atoms with Gasteiger partial charge in [-0.15, -0.1) is 0 Å². The van der Waals surface area contributed by atoms with Gasteiger partial charge in [0.15, 0.2) is 5.82 Å². The summed E-state index contributed by atoms with van der Waals surface area (Å²) >= 11 is 0. The van der Waals surface area contributed by atoms with E-state index in [1.165, 1.54) is 24.8 Å². The molecule has 4 rings (SSSR count). The molecule has 5 nitrogen and oxygen atoms in total. The van der Waals surface area contributed by atoms with E-state index in [1.807, 2.05) is 18.3 Å². The minimum Gasteiger partial charge on any atom is -0.383 e. The number of nitrogen functional groups attached to an aromatic ring is 1. The van der Waals surface area contributed by atoms with Crippen molar-refractivity contribution in [2.45, 2.75) is 31.6 Å². The Bertz CT molecular complexity index is 840. The molecule has 1 aliphatic carbocycles. The lowest BCUT2D eigenvalue weighted by Gasteiger charge is -2.39. The predicted molar refractivity (Wildman–Crippen MR) is 86.2 cm³/mol. The zero-order valence-corrected chi connectivity index (χ0v) is 12.5. The van der Waals surface area contributed by atoms with Gasteiger partial charge < -0.3 is 5.73 Å². The first-order chi connectivity index (χ1) is 10.7. The van der Waals surface area contributed by atoms with Crippen LogP contribution in [0.3, 0.4) is 0 Å². The molecule has 0 amide bonds. The molecule has 0 aromatic carbocycles. The van der Waals surface area contributed by atoms with Gasteiger partial charge in [0.25, 0.3) is 0 Å². The van der Waals surface area contributed by atoms with E-state index in [0.717, 1.165) is 16.5 Å². The molecule has 5 heteroatoms. The summed E-state index contributed by atoms with van der Waals surface area (Å²) in [6.07, 6.45) is 10.7. The zero-order chi connectivity index (χ0) is 15.2. The van der Waals surface area contributed by atoms with Crippen LogP contribution in [0.1, 0.15) is 31.7 Å². The fourth-order valence-electron chi connectivity index (χ4n) is 3.18. The van der Waals surface area contributed by atoms with Crippen molar-refractivity contribution in [1.29, 1.82) is 0 Å². The SMILES string of the molecule is CC1(c2cncc3nc(-c4ccncc4)nc(N)c23)CCC1. The Kier molecular flexibility index (Phi) is 2.82. The van der Waals surface area contributed by atoms with Crippen molar-refractivity contribution in [3.63, 3.8) is 0 Å². The number of rotatable bonds is 2. The van der Waals surface area contributed by atoms with Gasteiger partial charge in [-0.2, -0.15) is 0 Å². The minimum absolute atomic E-state index is 0.155. The van der Waals surface area contributed by atoms with Gasteiger partial charge >= 0.3 is 0 Å². The molecule has 0 radical (unpaired) electrons. The molecule has 1 fully saturated rings. The van der Waals surface area contributed by atoms with Crippen molar-refractivity contribution in [1.82, 2.24) is 19.9 Å². The third kappa shape index (κ3) is 1.93. The second-order valence-corrected chi connectivity index (χ2v) is 6.16. The molecule has 0 aliphatic heterocycles. The lowest BCUT2D eigenvalue weighted by Crippen LogP contribution is -2.31. The monoisotopic (exact) mass is 291 g/mol. The first-order valence-electron chi connectivity index (χ1n) is 7.49. The molecule has 0 atom stereocenters. The highest BCUT2D eigenvalue weighted by Crippen LogP contribution is 2.46. The molecule has 1 aliphatic rings. The minimum atomic E-state index is 0.155. The van der Waals surface area contributed by atoms with E-state index < -0.39 is 0 Å². The van der Waals surface area contributed by atoms with Crippen molar-refractivity contribution in [2.75, 3.05) is 5.73 Å². The van der Waals surface area contributed by atoms with Crippen molar-refractivity contribution >= 4 is 16.7 Å². The van der Waals surface area contributed by atoms with Gasteiger partial charge in [0, 0.05) is 29.5 Å². The van der Waals surface area contributed by atoms with Crippen LogP contribution < -0.4 is 5.73 Å². The first kappa shape index (κ1) is 13.1. The molecule has 3 aromatic heterocycles. The number of fused-ring (bicyclic) bond motifs is 1. The second-order valence-electron chi connectivity index (χ2n) is 6.16. The number of hydrogen-bond acceptors (Lipinski definition) is 5. The molecule has 0 spiro atoms. The number of nitrogens with zero attached hydrogens (tertiary/aromatic N) is 4. The fraction of sp³-hybridized carbons (Fsp3) is 0.294. The van der Waals surface area contributed by atoms with Crippen LogP contribution in [-0.4, -0.2) is 19.9 Å². The molecule has 1 saturated carbocycles. The lowest BCUT2D eigenvalue weighted by atomic mass is 9.65. The van der Waals surface area contributed by atoms with Crippen LogP contribution in [0.15, 0.2) is 36.9 Å². The van der Waals surface area contributed by atoms with E-state index in [9.17, 15) is 0 Å². The lowest BCUT2D eigenvalue weighted by molar-refractivity contribution is 0.274. The number of nitrogens with two attached hydrogens (primary N) is 1. The van der Waals surface area contributed by atoms with E-state index in [-0.39, 0.29) is 5.41 Å². The molecular weight excluding hydrogens is 274 g/mol. The third-order valence-corrected chi connectivity index (χ3v) is 4.68. The van der Waals surface area contributed by atoms with Crippen LogP contribution >= 0.6 is 0 Å². The van der Waals surface area contributed by atoms with Crippen LogP contribution in [0.4, 0.5) is 5.82 Å². The molecule has 0 unspecified atom stereocenters. The zero-order valence-electron chi connectivity index (χ0n) is 12.5. The molecule has 110 valence electrons. The number of hydrogen-bond donors (Lipinski definition) is 1. The Morgan fingerprint density at radius 2 is 1.82 bits per heavy atom. The van der Waals surface area contributed by atoms with Gasteiger partial charge in [0.2, 0.25) is 0 Å². The van der Waals surface area contributed by atoms with Gasteiger partial charge in [-0.25, -0.2) is 9.97 Å². The average molecular weight is 291 g/mol. The molecule has 22 heavy (non-hydrogen) atoms. The van der Waals surface area contributed by atoms with Gasteiger partial charge in [0.1, 0.15) is 5.82 Å². The van der Waals surface area contributed by atoms with Crippen LogP contribution in [-0.2, 0) is 5.41 Å². The quantitative estimate of drug-likeness (QED) is 0.785. The summed E-state index contributed by atoms with van der Waals surface area (Å²) in [6, 6.07) is 3.76. The smallest absolute Gasteiger partial charge is 0.162 e. The maximum Gasteiger partial charge on any atom is 0.162 e. The van der Waals surface area contributed by atoms with E-state index >= 15 is 0 Å². The summed E-state index contributed by atoms with van der Waals surface area (Å²) < 4.78 is 0. The summed E-state index contributed by atoms with van der Waals surface area (Å²) in [5, 5.41) is 0.954. The molecular formula is C17H17N5. The standard InChI is InChI=1S/C17H17N5/c1-17(5-2-6-17)12-9-20-10-13-14(12)15(18)22-16(21-13)11-3-7-19-8-4-11/h3-4,7-10H,2,5-6H2,1H3,(H2,18,21,22). The fourth-order valence-corrected chi connectivity index (χ4v) is 3.18. The van der Waals surface area contributed by atoms with Gasteiger partial charge in [-0.05, 0) is 36.0 Å². The normalized spacial score (nSPS) is 16.4. The van der Waals surface area contributed by atoms with Gasteiger partial charge in [0.05, 0.1) is 11.7 Å².